The number of aryl methyl sites for hydroxylation is 1. The highest BCUT2D eigenvalue weighted by Crippen LogP contribution is 2.24. The monoisotopic (exact) mass is 264 g/mol. The molecule has 3 heteroatoms. The number of para-hydroxylation sites is 1. The quantitative estimate of drug-likeness (QED) is 0.699. The Labute approximate surface area is 117 Å². The molecule has 100 valence electrons. The molecule has 0 aliphatic carbocycles. The lowest BCUT2D eigenvalue weighted by atomic mass is 10.1. The number of aliphatic imine (C=N–C) groups is 1. The normalized spacial score (nSPS) is 11.5. The molecule has 0 radical (unpaired) electrons. The van der Waals surface area contributed by atoms with Gasteiger partial charge in [0.1, 0.15) is 5.75 Å². The first kappa shape index (κ1) is 12.5. The lowest BCUT2D eigenvalue weighted by Gasteiger charge is -1.97. The van der Waals surface area contributed by atoms with Crippen molar-refractivity contribution >= 4 is 22.8 Å². The Balaban J connectivity index is 2.06. The number of rotatable bonds is 2. The van der Waals surface area contributed by atoms with Crippen LogP contribution in [0.3, 0.4) is 0 Å². The van der Waals surface area contributed by atoms with E-state index in [4.69, 9.17) is 0 Å². The standard InChI is InChI=1S/C17H16N2O/c1-12-16(11-18-13-7-9-14(20)10-8-13)15-5-3-4-6-17(15)19(12)2/h3-11,20H,1-2H3. The zero-order valence-corrected chi connectivity index (χ0v) is 11.5. The van der Waals surface area contributed by atoms with Crippen molar-refractivity contribution in [1.82, 2.24) is 4.57 Å². The fraction of sp³-hybridized carbons (Fsp3) is 0.118. The van der Waals surface area contributed by atoms with Gasteiger partial charge in [-0.2, -0.15) is 0 Å². The van der Waals surface area contributed by atoms with Gasteiger partial charge < -0.3 is 9.67 Å². The number of hydrogen-bond acceptors (Lipinski definition) is 2. The molecule has 0 saturated heterocycles. The molecule has 0 unspecified atom stereocenters. The zero-order chi connectivity index (χ0) is 14.1. The minimum absolute atomic E-state index is 0.255. The smallest absolute Gasteiger partial charge is 0.115 e. The van der Waals surface area contributed by atoms with Gasteiger partial charge >= 0.3 is 0 Å². The van der Waals surface area contributed by atoms with E-state index in [1.165, 1.54) is 16.6 Å². The first-order valence-electron chi connectivity index (χ1n) is 6.54. The van der Waals surface area contributed by atoms with Crippen LogP contribution in [0.5, 0.6) is 5.75 Å². The van der Waals surface area contributed by atoms with Crippen LogP contribution in [0.25, 0.3) is 10.9 Å². The van der Waals surface area contributed by atoms with E-state index in [-0.39, 0.29) is 5.75 Å². The molecule has 0 amide bonds. The Kier molecular flexibility index (Phi) is 3.03. The fourth-order valence-electron chi connectivity index (χ4n) is 2.39. The molecule has 1 N–H and O–H groups in total. The van der Waals surface area contributed by atoms with Crippen molar-refractivity contribution in [3.8, 4) is 5.75 Å². The van der Waals surface area contributed by atoms with Crippen LogP contribution in [0.15, 0.2) is 53.5 Å². The number of phenolic OH excluding ortho intramolecular Hbond substituents is 1. The number of nitrogens with zero attached hydrogens (tertiary/aromatic N) is 2. The SMILES string of the molecule is Cc1c(C=Nc2ccc(O)cc2)c2ccccc2n1C. The van der Waals surface area contributed by atoms with Crippen LogP contribution in [-0.2, 0) is 7.05 Å². The Hall–Kier alpha value is -2.55. The van der Waals surface area contributed by atoms with Gasteiger partial charge in [0, 0.05) is 35.4 Å². The predicted octanol–water partition coefficient (Wildman–Crippen LogP) is 3.94. The maximum atomic E-state index is 9.28. The van der Waals surface area contributed by atoms with Crippen molar-refractivity contribution in [2.24, 2.45) is 12.0 Å². The summed E-state index contributed by atoms with van der Waals surface area (Å²) < 4.78 is 2.17. The number of aromatic hydroxyl groups is 1. The molecule has 3 nitrogen and oxygen atoms in total. The van der Waals surface area contributed by atoms with Gasteiger partial charge in [-0.1, -0.05) is 18.2 Å². The lowest BCUT2D eigenvalue weighted by Crippen LogP contribution is -1.91. The minimum Gasteiger partial charge on any atom is -0.508 e. The molecule has 1 aromatic heterocycles. The topological polar surface area (TPSA) is 37.5 Å². The molecule has 0 aliphatic rings. The highest BCUT2D eigenvalue weighted by molar-refractivity contribution is 6.01. The molecule has 0 fully saturated rings. The summed E-state index contributed by atoms with van der Waals surface area (Å²) in [7, 11) is 2.07. The summed E-state index contributed by atoms with van der Waals surface area (Å²) in [6, 6.07) is 15.2. The van der Waals surface area contributed by atoms with Gasteiger partial charge in [-0.25, -0.2) is 0 Å². The van der Waals surface area contributed by atoms with Crippen molar-refractivity contribution in [2.45, 2.75) is 6.92 Å². The van der Waals surface area contributed by atoms with Crippen LogP contribution in [0.1, 0.15) is 11.3 Å². The summed E-state index contributed by atoms with van der Waals surface area (Å²) in [4.78, 5) is 4.49. The maximum absolute atomic E-state index is 9.28. The van der Waals surface area contributed by atoms with E-state index in [1.807, 2.05) is 18.3 Å². The maximum Gasteiger partial charge on any atom is 0.115 e. The summed E-state index contributed by atoms with van der Waals surface area (Å²) >= 11 is 0. The highest BCUT2D eigenvalue weighted by atomic mass is 16.3. The molecule has 0 atom stereocenters. The number of phenols is 1. The van der Waals surface area contributed by atoms with E-state index in [1.54, 1.807) is 24.3 Å². The van der Waals surface area contributed by atoms with Crippen LogP contribution in [0, 0.1) is 6.92 Å². The Morgan fingerprint density at radius 3 is 2.50 bits per heavy atom. The van der Waals surface area contributed by atoms with Crippen LogP contribution in [0.2, 0.25) is 0 Å². The van der Waals surface area contributed by atoms with Gasteiger partial charge in [0.05, 0.1) is 5.69 Å². The average molecular weight is 264 g/mol. The fourth-order valence-corrected chi connectivity index (χ4v) is 2.39. The molecule has 3 aromatic rings. The van der Waals surface area contributed by atoms with Crippen LogP contribution in [-0.4, -0.2) is 15.9 Å². The summed E-state index contributed by atoms with van der Waals surface area (Å²) in [5, 5.41) is 10.5. The molecular formula is C17H16N2O. The molecule has 0 bridgehead atoms. The molecule has 0 aliphatic heterocycles. The summed E-state index contributed by atoms with van der Waals surface area (Å²) in [5.41, 5.74) is 4.36. The summed E-state index contributed by atoms with van der Waals surface area (Å²) in [6.45, 7) is 2.10. The second kappa shape index (κ2) is 4.85. The Morgan fingerprint density at radius 1 is 1.05 bits per heavy atom. The third-order valence-corrected chi connectivity index (χ3v) is 3.64. The van der Waals surface area contributed by atoms with E-state index in [0.717, 1.165) is 11.3 Å². The molecule has 0 saturated carbocycles. The van der Waals surface area contributed by atoms with Gasteiger partial charge in [0.25, 0.3) is 0 Å². The molecule has 20 heavy (non-hydrogen) atoms. The van der Waals surface area contributed by atoms with Gasteiger partial charge in [-0.3, -0.25) is 4.99 Å². The first-order chi connectivity index (χ1) is 9.66. The van der Waals surface area contributed by atoms with Crippen molar-refractivity contribution in [3.63, 3.8) is 0 Å². The lowest BCUT2D eigenvalue weighted by molar-refractivity contribution is 0.475. The van der Waals surface area contributed by atoms with E-state index in [2.05, 4.69) is 35.7 Å². The van der Waals surface area contributed by atoms with Gasteiger partial charge in [-0.05, 0) is 37.3 Å². The average Bonchev–Trinajstić information content (AvgIpc) is 2.71. The van der Waals surface area contributed by atoms with E-state index in [0.29, 0.717) is 0 Å². The molecule has 3 rings (SSSR count). The predicted molar refractivity (Wildman–Crippen MR) is 83.0 cm³/mol. The number of aromatic nitrogens is 1. The first-order valence-corrected chi connectivity index (χ1v) is 6.54. The van der Waals surface area contributed by atoms with Crippen molar-refractivity contribution in [3.05, 3.63) is 59.8 Å². The largest absolute Gasteiger partial charge is 0.508 e. The van der Waals surface area contributed by atoms with Gasteiger partial charge in [0.2, 0.25) is 0 Å². The van der Waals surface area contributed by atoms with Crippen LogP contribution >= 0.6 is 0 Å². The van der Waals surface area contributed by atoms with E-state index < -0.39 is 0 Å². The molecular weight excluding hydrogens is 248 g/mol. The second-order valence-electron chi connectivity index (χ2n) is 4.85. The van der Waals surface area contributed by atoms with E-state index >= 15 is 0 Å². The Bertz CT molecular complexity index is 783. The third kappa shape index (κ3) is 2.07. The van der Waals surface area contributed by atoms with Crippen molar-refractivity contribution < 1.29 is 5.11 Å². The Morgan fingerprint density at radius 2 is 1.75 bits per heavy atom. The van der Waals surface area contributed by atoms with Gasteiger partial charge in [0.15, 0.2) is 0 Å². The van der Waals surface area contributed by atoms with Gasteiger partial charge in [-0.15, -0.1) is 0 Å². The highest BCUT2D eigenvalue weighted by Gasteiger charge is 2.08. The van der Waals surface area contributed by atoms with Crippen molar-refractivity contribution in [2.75, 3.05) is 0 Å². The minimum atomic E-state index is 0.255. The van der Waals surface area contributed by atoms with E-state index in [9.17, 15) is 5.11 Å². The van der Waals surface area contributed by atoms with Crippen molar-refractivity contribution in [1.29, 1.82) is 0 Å². The third-order valence-electron chi connectivity index (χ3n) is 3.64. The van der Waals surface area contributed by atoms with Crippen LogP contribution < -0.4 is 0 Å². The zero-order valence-electron chi connectivity index (χ0n) is 11.5. The number of fused-ring (bicyclic) bond motifs is 1. The van der Waals surface area contributed by atoms with Crippen LogP contribution in [0.4, 0.5) is 5.69 Å². The molecule has 1 heterocycles. The number of benzene rings is 2. The molecule has 0 spiro atoms. The second-order valence-corrected chi connectivity index (χ2v) is 4.85. The molecule has 2 aromatic carbocycles. The summed E-state index contributed by atoms with van der Waals surface area (Å²) in [5.74, 6) is 0.255. The number of hydrogen-bond donors (Lipinski definition) is 1. The summed E-state index contributed by atoms with van der Waals surface area (Å²) in [6.07, 6.45) is 1.89.